The average Bonchev–Trinajstić information content (AvgIpc) is 2.26. The largest absolute Gasteiger partial charge is 0.468 e. The molecule has 0 heterocycles. The number of rotatable bonds is 3. The number of benzene rings is 1. The fourth-order valence-corrected chi connectivity index (χ4v) is 1.56. The van der Waals surface area contributed by atoms with Crippen LogP contribution in [0.1, 0.15) is 11.7 Å². The lowest BCUT2D eigenvalue weighted by Gasteiger charge is -2.14. The number of alkyl halides is 1. The van der Waals surface area contributed by atoms with E-state index < -0.39 is 18.2 Å². The van der Waals surface area contributed by atoms with Crippen molar-refractivity contribution < 1.29 is 13.9 Å². The third kappa shape index (κ3) is 3.00. The van der Waals surface area contributed by atoms with Crippen LogP contribution in [0.3, 0.4) is 0 Å². The van der Waals surface area contributed by atoms with Crippen LogP contribution in [0, 0.1) is 0 Å². The molecule has 0 saturated carbocycles. The summed E-state index contributed by atoms with van der Waals surface area (Å²) >= 11 is 3.21. The predicted octanol–water partition coefficient (Wildman–Crippen LogP) is 1.96. The molecule has 0 aliphatic carbocycles. The normalized spacial score (nSPS) is 14.4. The van der Waals surface area contributed by atoms with Gasteiger partial charge in [-0.25, -0.2) is 4.39 Å². The number of halogens is 2. The minimum atomic E-state index is -1.56. The van der Waals surface area contributed by atoms with Gasteiger partial charge >= 0.3 is 5.97 Å². The molecule has 1 rings (SSSR count). The van der Waals surface area contributed by atoms with Crippen LogP contribution in [0.4, 0.5) is 4.39 Å². The number of ether oxygens (including phenoxy) is 1. The molecular weight excluding hydrogens is 265 g/mol. The number of carbonyl (C=O) groups is 1. The van der Waals surface area contributed by atoms with Crippen molar-refractivity contribution in [1.82, 2.24) is 0 Å². The Bertz CT molecular complexity index is 359. The summed E-state index contributed by atoms with van der Waals surface area (Å²) in [5.74, 6) is -0.762. The molecule has 15 heavy (non-hydrogen) atoms. The zero-order chi connectivity index (χ0) is 11.4. The lowest BCUT2D eigenvalue weighted by Crippen LogP contribution is -2.35. The average molecular weight is 276 g/mol. The highest BCUT2D eigenvalue weighted by Gasteiger charge is 2.26. The molecule has 5 heteroatoms. The maximum absolute atomic E-state index is 13.7. The van der Waals surface area contributed by atoms with Gasteiger partial charge in [0.1, 0.15) is 6.04 Å². The molecule has 2 N–H and O–H groups in total. The molecule has 0 fully saturated rings. The van der Waals surface area contributed by atoms with Gasteiger partial charge in [-0.2, -0.15) is 0 Å². The molecule has 0 aliphatic rings. The monoisotopic (exact) mass is 275 g/mol. The van der Waals surface area contributed by atoms with Gasteiger partial charge in [-0.05, 0) is 17.7 Å². The van der Waals surface area contributed by atoms with Crippen LogP contribution in [0.2, 0.25) is 0 Å². The van der Waals surface area contributed by atoms with Gasteiger partial charge in [-0.15, -0.1) is 0 Å². The fraction of sp³-hybridized carbons (Fsp3) is 0.300. The summed E-state index contributed by atoms with van der Waals surface area (Å²) in [4.78, 5) is 11.0. The lowest BCUT2D eigenvalue weighted by molar-refractivity contribution is -0.143. The number of hydrogen-bond donors (Lipinski definition) is 1. The van der Waals surface area contributed by atoms with Crippen LogP contribution in [0.25, 0.3) is 0 Å². The Morgan fingerprint density at radius 3 is 2.80 bits per heavy atom. The molecule has 82 valence electrons. The summed E-state index contributed by atoms with van der Waals surface area (Å²) in [6.45, 7) is 0. The van der Waals surface area contributed by atoms with Gasteiger partial charge in [-0.1, -0.05) is 28.1 Å². The standard InChI is InChI=1S/C10H11BrFNO2/c1-15-10(14)9(13)8(12)6-3-2-4-7(11)5-6/h2-5,8-9H,13H2,1H3. The van der Waals surface area contributed by atoms with E-state index in [1.807, 2.05) is 0 Å². The minimum Gasteiger partial charge on any atom is -0.468 e. The molecule has 1 aromatic carbocycles. The van der Waals surface area contributed by atoms with Gasteiger partial charge in [-0.3, -0.25) is 4.79 Å². The first-order valence-electron chi connectivity index (χ1n) is 4.29. The summed E-state index contributed by atoms with van der Waals surface area (Å²) in [6.07, 6.45) is -1.56. The maximum atomic E-state index is 13.7. The lowest BCUT2D eigenvalue weighted by atomic mass is 10.0. The van der Waals surface area contributed by atoms with E-state index >= 15 is 0 Å². The maximum Gasteiger partial charge on any atom is 0.326 e. The predicted molar refractivity (Wildman–Crippen MR) is 58.0 cm³/mol. The highest BCUT2D eigenvalue weighted by atomic mass is 79.9. The summed E-state index contributed by atoms with van der Waals surface area (Å²) in [7, 11) is 1.18. The molecule has 0 amide bonds. The van der Waals surface area contributed by atoms with Crippen LogP contribution in [-0.4, -0.2) is 19.1 Å². The molecule has 2 atom stereocenters. The summed E-state index contributed by atoms with van der Waals surface area (Å²) in [5.41, 5.74) is 5.74. The molecule has 1 aromatic rings. The molecule has 0 saturated heterocycles. The third-order valence-electron chi connectivity index (χ3n) is 1.96. The van der Waals surface area contributed by atoms with Crippen molar-refractivity contribution in [3.05, 3.63) is 34.3 Å². The van der Waals surface area contributed by atoms with E-state index in [0.717, 1.165) is 4.47 Å². The number of esters is 1. The Balaban J connectivity index is 2.84. The first-order valence-corrected chi connectivity index (χ1v) is 5.08. The number of carbonyl (C=O) groups excluding carboxylic acids is 1. The molecule has 0 aromatic heterocycles. The van der Waals surface area contributed by atoms with E-state index in [-0.39, 0.29) is 0 Å². The minimum absolute atomic E-state index is 0.349. The number of methoxy groups -OCH3 is 1. The van der Waals surface area contributed by atoms with Gasteiger partial charge in [0.2, 0.25) is 0 Å². The van der Waals surface area contributed by atoms with Gasteiger partial charge < -0.3 is 10.5 Å². The quantitative estimate of drug-likeness (QED) is 0.858. The van der Waals surface area contributed by atoms with Crippen LogP contribution in [-0.2, 0) is 9.53 Å². The van der Waals surface area contributed by atoms with Crippen molar-refractivity contribution in [3.8, 4) is 0 Å². The number of nitrogens with two attached hydrogens (primary N) is 1. The van der Waals surface area contributed by atoms with Crippen molar-refractivity contribution in [3.63, 3.8) is 0 Å². The topological polar surface area (TPSA) is 52.3 Å². The summed E-state index contributed by atoms with van der Waals surface area (Å²) < 4.78 is 18.8. The molecule has 3 nitrogen and oxygen atoms in total. The van der Waals surface area contributed by atoms with E-state index in [1.165, 1.54) is 7.11 Å². The number of hydrogen-bond acceptors (Lipinski definition) is 3. The van der Waals surface area contributed by atoms with Crippen molar-refractivity contribution in [2.45, 2.75) is 12.2 Å². The molecule has 0 spiro atoms. The zero-order valence-electron chi connectivity index (χ0n) is 8.11. The van der Waals surface area contributed by atoms with Gasteiger partial charge in [0.15, 0.2) is 6.17 Å². The Hall–Kier alpha value is -0.940. The van der Waals surface area contributed by atoms with Crippen LogP contribution >= 0.6 is 15.9 Å². The SMILES string of the molecule is COC(=O)C(N)C(F)c1cccc(Br)c1. The Labute approximate surface area is 95.5 Å². The second kappa shape index (κ2) is 5.23. The summed E-state index contributed by atoms with van der Waals surface area (Å²) in [5, 5.41) is 0. The van der Waals surface area contributed by atoms with Crippen LogP contribution in [0.5, 0.6) is 0 Å². The van der Waals surface area contributed by atoms with Gasteiger partial charge in [0.05, 0.1) is 7.11 Å². The molecular formula is C10H11BrFNO2. The van der Waals surface area contributed by atoms with E-state index in [0.29, 0.717) is 5.56 Å². The van der Waals surface area contributed by atoms with Gasteiger partial charge in [0, 0.05) is 4.47 Å². The highest BCUT2D eigenvalue weighted by Crippen LogP contribution is 2.23. The van der Waals surface area contributed by atoms with Crippen molar-refractivity contribution in [2.24, 2.45) is 5.73 Å². The second-order valence-electron chi connectivity index (χ2n) is 3.01. The van der Waals surface area contributed by atoms with E-state index in [1.54, 1.807) is 24.3 Å². The highest BCUT2D eigenvalue weighted by molar-refractivity contribution is 9.10. The van der Waals surface area contributed by atoms with E-state index in [4.69, 9.17) is 5.73 Å². The van der Waals surface area contributed by atoms with Crippen LogP contribution < -0.4 is 5.73 Å². The molecule has 2 unspecified atom stereocenters. The first-order chi connectivity index (χ1) is 7.06. The molecule has 0 radical (unpaired) electrons. The van der Waals surface area contributed by atoms with Crippen molar-refractivity contribution >= 4 is 21.9 Å². The Morgan fingerprint density at radius 1 is 1.60 bits per heavy atom. The molecule has 0 aliphatic heterocycles. The van der Waals surface area contributed by atoms with Crippen LogP contribution in [0.15, 0.2) is 28.7 Å². The van der Waals surface area contributed by atoms with E-state index in [9.17, 15) is 9.18 Å². The van der Waals surface area contributed by atoms with E-state index in [2.05, 4.69) is 20.7 Å². The summed E-state index contributed by atoms with van der Waals surface area (Å²) in [6, 6.07) is 5.30. The second-order valence-corrected chi connectivity index (χ2v) is 3.92. The zero-order valence-corrected chi connectivity index (χ0v) is 9.70. The smallest absolute Gasteiger partial charge is 0.326 e. The van der Waals surface area contributed by atoms with Crippen molar-refractivity contribution in [2.75, 3.05) is 7.11 Å². The fourth-order valence-electron chi connectivity index (χ4n) is 1.14. The van der Waals surface area contributed by atoms with Crippen molar-refractivity contribution in [1.29, 1.82) is 0 Å². The Morgan fingerprint density at radius 2 is 2.27 bits per heavy atom. The third-order valence-corrected chi connectivity index (χ3v) is 2.45. The first kappa shape index (κ1) is 12.1. The van der Waals surface area contributed by atoms with Gasteiger partial charge in [0.25, 0.3) is 0 Å². The molecule has 0 bridgehead atoms. The Kier molecular flexibility index (Phi) is 4.23.